The smallest absolute Gasteiger partial charge is 0.177 e. The highest BCUT2D eigenvalue weighted by Gasteiger charge is 2.36. The van der Waals surface area contributed by atoms with Gasteiger partial charge in [-0.1, -0.05) is 0 Å². The SMILES string of the molecule is CC(=O)c1cnc2n1C(C1CC1)CNC2. The van der Waals surface area contributed by atoms with Crippen LogP contribution in [0.3, 0.4) is 0 Å². The average Bonchev–Trinajstić information content (AvgIpc) is 2.96. The van der Waals surface area contributed by atoms with Crippen LogP contribution < -0.4 is 5.32 Å². The van der Waals surface area contributed by atoms with Crippen LogP contribution in [0.1, 0.15) is 42.1 Å². The molecule has 0 amide bonds. The van der Waals surface area contributed by atoms with Gasteiger partial charge >= 0.3 is 0 Å². The minimum absolute atomic E-state index is 0.126. The quantitative estimate of drug-likeness (QED) is 0.736. The van der Waals surface area contributed by atoms with E-state index in [1.807, 2.05) is 0 Å². The Labute approximate surface area is 88.7 Å². The molecule has 15 heavy (non-hydrogen) atoms. The molecule has 1 unspecified atom stereocenters. The molecule has 2 heterocycles. The fraction of sp³-hybridized carbons (Fsp3) is 0.636. The van der Waals surface area contributed by atoms with Gasteiger partial charge in [0.15, 0.2) is 5.78 Å². The second-order valence-corrected chi connectivity index (χ2v) is 4.52. The van der Waals surface area contributed by atoms with E-state index in [2.05, 4.69) is 14.9 Å². The molecule has 1 atom stereocenters. The summed E-state index contributed by atoms with van der Waals surface area (Å²) < 4.78 is 2.16. The molecule has 4 heteroatoms. The van der Waals surface area contributed by atoms with Gasteiger partial charge in [-0.2, -0.15) is 0 Å². The molecule has 0 radical (unpaired) electrons. The maximum absolute atomic E-state index is 11.5. The molecule has 1 saturated carbocycles. The second kappa shape index (κ2) is 3.17. The van der Waals surface area contributed by atoms with Crippen LogP contribution in [0.25, 0.3) is 0 Å². The maximum atomic E-state index is 11.5. The highest BCUT2D eigenvalue weighted by Crippen LogP contribution is 2.41. The summed E-state index contributed by atoms with van der Waals surface area (Å²) in [5.41, 5.74) is 0.781. The van der Waals surface area contributed by atoms with Crippen molar-refractivity contribution in [1.29, 1.82) is 0 Å². The van der Waals surface area contributed by atoms with Crippen LogP contribution in [0.5, 0.6) is 0 Å². The van der Waals surface area contributed by atoms with Gasteiger partial charge < -0.3 is 9.88 Å². The molecule has 2 aliphatic rings. The maximum Gasteiger partial charge on any atom is 0.177 e. The van der Waals surface area contributed by atoms with Gasteiger partial charge in [0.05, 0.1) is 18.8 Å². The molecule has 0 spiro atoms. The van der Waals surface area contributed by atoms with Gasteiger partial charge in [0, 0.05) is 13.5 Å². The third-order valence-corrected chi connectivity index (χ3v) is 3.37. The van der Waals surface area contributed by atoms with E-state index in [0.29, 0.717) is 6.04 Å². The molecule has 0 saturated heterocycles. The Kier molecular flexibility index (Phi) is 1.92. The molecule has 1 aliphatic heterocycles. The van der Waals surface area contributed by atoms with Crippen LogP contribution in [0, 0.1) is 5.92 Å². The molecular weight excluding hydrogens is 190 g/mol. The first-order valence-corrected chi connectivity index (χ1v) is 5.55. The first kappa shape index (κ1) is 9.09. The fourth-order valence-corrected chi connectivity index (χ4v) is 2.44. The number of carbonyl (C=O) groups excluding carboxylic acids is 1. The topological polar surface area (TPSA) is 46.9 Å². The fourth-order valence-electron chi connectivity index (χ4n) is 2.44. The van der Waals surface area contributed by atoms with Crippen LogP contribution in [0.15, 0.2) is 6.20 Å². The molecule has 0 aromatic carbocycles. The summed E-state index contributed by atoms with van der Waals surface area (Å²) in [4.78, 5) is 15.8. The Hall–Kier alpha value is -1.16. The van der Waals surface area contributed by atoms with Crippen molar-refractivity contribution in [2.75, 3.05) is 6.54 Å². The lowest BCUT2D eigenvalue weighted by molar-refractivity contribution is 0.1000. The number of Topliss-reactive ketones (excluding diaryl/α,β-unsaturated/α-hetero) is 1. The summed E-state index contributed by atoms with van der Waals surface area (Å²) in [6, 6.07) is 0.454. The largest absolute Gasteiger partial charge is 0.320 e. The van der Waals surface area contributed by atoms with Gasteiger partial charge in [-0.25, -0.2) is 4.98 Å². The Bertz CT molecular complexity index is 406. The third kappa shape index (κ3) is 1.40. The van der Waals surface area contributed by atoms with Crippen LogP contribution >= 0.6 is 0 Å². The van der Waals surface area contributed by atoms with Crippen molar-refractivity contribution in [2.45, 2.75) is 32.4 Å². The van der Waals surface area contributed by atoms with E-state index in [4.69, 9.17) is 0 Å². The highest BCUT2D eigenvalue weighted by atomic mass is 16.1. The lowest BCUT2D eigenvalue weighted by Gasteiger charge is -2.27. The number of nitrogens with zero attached hydrogens (tertiary/aromatic N) is 2. The van der Waals surface area contributed by atoms with E-state index in [0.717, 1.165) is 30.5 Å². The van der Waals surface area contributed by atoms with Crippen LogP contribution in [-0.4, -0.2) is 21.9 Å². The summed E-state index contributed by atoms with van der Waals surface area (Å²) in [6.07, 6.45) is 4.31. The number of ketones is 1. The summed E-state index contributed by atoms with van der Waals surface area (Å²) >= 11 is 0. The van der Waals surface area contributed by atoms with Gasteiger partial charge in [0.1, 0.15) is 11.5 Å². The molecule has 1 aliphatic carbocycles. The normalized spacial score (nSPS) is 25.0. The number of carbonyl (C=O) groups is 1. The van der Waals surface area contributed by atoms with Crippen LogP contribution in [-0.2, 0) is 6.54 Å². The zero-order valence-corrected chi connectivity index (χ0v) is 8.86. The molecule has 1 fully saturated rings. The van der Waals surface area contributed by atoms with Gasteiger partial charge in [-0.15, -0.1) is 0 Å². The van der Waals surface area contributed by atoms with E-state index in [-0.39, 0.29) is 5.78 Å². The minimum atomic E-state index is 0.126. The van der Waals surface area contributed by atoms with Crippen molar-refractivity contribution in [3.8, 4) is 0 Å². The third-order valence-electron chi connectivity index (χ3n) is 3.37. The average molecular weight is 205 g/mol. The highest BCUT2D eigenvalue weighted by molar-refractivity contribution is 5.92. The Balaban J connectivity index is 2.05. The van der Waals surface area contributed by atoms with Crippen molar-refractivity contribution in [3.63, 3.8) is 0 Å². The van der Waals surface area contributed by atoms with Crippen molar-refractivity contribution < 1.29 is 4.79 Å². The lowest BCUT2D eigenvalue weighted by atomic mass is 10.1. The van der Waals surface area contributed by atoms with E-state index < -0.39 is 0 Å². The predicted molar refractivity (Wildman–Crippen MR) is 55.7 cm³/mol. The minimum Gasteiger partial charge on any atom is -0.320 e. The van der Waals surface area contributed by atoms with Crippen molar-refractivity contribution in [1.82, 2.24) is 14.9 Å². The van der Waals surface area contributed by atoms with Crippen molar-refractivity contribution in [3.05, 3.63) is 17.7 Å². The number of aromatic nitrogens is 2. The molecule has 0 bridgehead atoms. The Morgan fingerprint density at radius 3 is 3.07 bits per heavy atom. The van der Waals surface area contributed by atoms with Gasteiger partial charge in [-0.05, 0) is 18.8 Å². The summed E-state index contributed by atoms with van der Waals surface area (Å²) in [5, 5.41) is 3.37. The molecular formula is C11H15N3O. The van der Waals surface area contributed by atoms with E-state index >= 15 is 0 Å². The number of imidazole rings is 1. The van der Waals surface area contributed by atoms with Crippen molar-refractivity contribution >= 4 is 5.78 Å². The Morgan fingerprint density at radius 2 is 2.40 bits per heavy atom. The summed E-state index contributed by atoms with van der Waals surface area (Å²) in [6.45, 7) is 3.39. The molecule has 1 aromatic heterocycles. The van der Waals surface area contributed by atoms with E-state index in [9.17, 15) is 4.79 Å². The molecule has 3 rings (SSSR count). The molecule has 4 nitrogen and oxygen atoms in total. The summed E-state index contributed by atoms with van der Waals surface area (Å²) in [5.74, 6) is 1.90. The van der Waals surface area contributed by atoms with E-state index in [1.165, 1.54) is 12.8 Å². The van der Waals surface area contributed by atoms with Gasteiger partial charge in [0.2, 0.25) is 0 Å². The number of fused-ring (bicyclic) bond motifs is 1. The zero-order valence-electron chi connectivity index (χ0n) is 8.86. The van der Waals surface area contributed by atoms with Crippen LogP contribution in [0.2, 0.25) is 0 Å². The molecule has 1 N–H and O–H groups in total. The number of hydrogen-bond acceptors (Lipinski definition) is 3. The number of nitrogens with one attached hydrogen (secondary N) is 1. The molecule has 80 valence electrons. The number of rotatable bonds is 2. The molecule has 1 aromatic rings. The Morgan fingerprint density at radius 1 is 1.60 bits per heavy atom. The first-order valence-electron chi connectivity index (χ1n) is 5.55. The zero-order chi connectivity index (χ0) is 10.4. The summed E-state index contributed by atoms with van der Waals surface area (Å²) in [7, 11) is 0. The standard InChI is InChI=1S/C11H15N3O/c1-7(15)9-5-13-11-6-12-4-10(14(9)11)8-2-3-8/h5,8,10,12H,2-4,6H2,1H3. The van der Waals surface area contributed by atoms with E-state index in [1.54, 1.807) is 13.1 Å². The first-order chi connectivity index (χ1) is 7.27. The number of hydrogen-bond donors (Lipinski definition) is 1. The lowest BCUT2D eigenvalue weighted by Crippen LogP contribution is -2.35. The second-order valence-electron chi connectivity index (χ2n) is 4.52. The van der Waals surface area contributed by atoms with Gasteiger partial charge in [-0.3, -0.25) is 4.79 Å². The van der Waals surface area contributed by atoms with Crippen LogP contribution in [0.4, 0.5) is 0 Å². The monoisotopic (exact) mass is 205 g/mol. The van der Waals surface area contributed by atoms with Gasteiger partial charge in [0.25, 0.3) is 0 Å². The predicted octanol–water partition coefficient (Wildman–Crippen LogP) is 1.14. The van der Waals surface area contributed by atoms with Crippen molar-refractivity contribution in [2.24, 2.45) is 5.92 Å².